The van der Waals surface area contributed by atoms with Crippen LogP contribution < -0.4 is 9.62 Å². The van der Waals surface area contributed by atoms with Crippen molar-refractivity contribution in [2.45, 2.75) is 22.6 Å². The third-order valence-electron chi connectivity index (χ3n) is 5.05. The molecule has 0 atom stereocenters. The van der Waals surface area contributed by atoms with Crippen LogP contribution in [0.15, 0.2) is 58.3 Å². The molecule has 2 amide bonds. The van der Waals surface area contributed by atoms with Gasteiger partial charge in [0.25, 0.3) is 15.9 Å². The van der Waals surface area contributed by atoms with Gasteiger partial charge in [-0.1, -0.05) is 0 Å². The van der Waals surface area contributed by atoms with E-state index in [1.54, 1.807) is 65.2 Å². The molecule has 2 aromatic rings. The van der Waals surface area contributed by atoms with E-state index in [9.17, 15) is 18.0 Å². The van der Waals surface area contributed by atoms with Crippen LogP contribution in [0.5, 0.6) is 0 Å². The average Bonchev–Trinajstić information content (AvgIpc) is 3.18. The first-order valence-electron chi connectivity index (χ1n) is 9.62. The smallest absolute Gasteiger partial charge is 0.264 e. The summed E-state index contributed by atoms with van der Waals surface area (Å²) >= 11 is 1.54. The average molecular weight is 448 g/mol. The van der Waals surface area contributed by atoms with Gasteiger partial charge in [0.1, 0.15) is 0 Å². The Balaban J connectivity index is 1.62. The van der Waals surface area contributed by atoms with Gasteiger partial charge in [-0.2, -0.15) is 0 Å². The van der Waals surface area contributed by atoms with E-state index in [1.807, 2.05) is 6.26 Å². The van der Waals surface area contributed by atoms with Crippen LogP contribution in [-0.2, 0) is 14.8 Å². The molecule has 1 aliphatic rings. The maximum Gasteiger partial charge on any atom is 0.264 e. The number of amides is 2. The molecule has 1 saturated heterocycles. The minimum atomic E-state index is -3.69. The van der Waals surface area contributed by atoms with Crippen LogP contribution >= 0.6 is 11.8 Å². The molecule has 0 bridgehead atoms. The second-order valence-corrected chi connectivity index (χ2v) is 9.78. The molecular formula is C21H25N3O4S2. The summed E-state index contributed by atoms with van der Waals surface area (Å²) < 4.78 is 26.9. The lowest BCUT2D eigenvalue weighted by molar-refractivity contribution is -0.127. The Kier molecular flexibility index (Phi) is 7.04. The van der Waals surface area contributed by atoms with Gasteiger partial charge in [0.2, 0.25) is 5.91 Å². The largest absolute Gasteiger partial charge is 0.350 e. The third kappa shape index (κ3) is 4.96. The molecule has 1 heterocycles. The number of anilines is 1. The molecule has 2 aromatic carbocycles. The van der Waals surface area contributed by atoms with Crippen molar-refractivity contribution in [1.29, 1.82) is 0 Å². The molecule has 160 valence electrons. The predicted octanol–water partition coefficient (Wildman–Crippen LogP) is 2.59. The lowest BCUT2D eigenvalue weighted by Gasteiger charge is -2.20. The van der Waals surface area contributed by atoms with Gasteiger partial charge in [-0.25, -0.2) is 8.42 Å². The molecule has 0 aromatic heterocycles. The van der Waals surface area contributed by atoms with Gasteiger partial charge in [-0.15, -0.1) is 11.8 Å². The molecule has 0 aliphatic carbocycles. The van der Waals surface area contributed by atoms with E-state index >= 15 is 0 Å². The molecule has 0 radical (unpaired) electrons. The minimum Gasteiger partial charge on any atom is -0.350 e. The van der Waals surface area contributed by atoms with E-state index in [1.165, 1.54) is 11.4 Å². The standard InChI is InChI=1S/C21H25N3O4S2/c1-23(30(27,28)19-11-9-18(29-2)10-12-19)17-7-5-16(6-8-17)21(26)22-13-15-24-14-3-4-20(24)25/h5-12H,3-4,13-15H2,1-2H3,(H,22,26). The maximum absolute atomic E-state index is 12.9. The SMILES string of the molecule is CSc1ccc(S(=O)(=O)N(C)c2ccc(C(=O)NCCN3CCCC3=O)cc2)cc1. The normalized spacial score (nSPS) is 14.1. The van der Waals surface area contributed by atoms with Crippen LogP contribution in [-0.4, -0.2) is 58.1 Å². The van der Waals surface area contributed by atoms with Crippen molar-refractivity contribution in [2.24, 2.45) is 0 Å². The summed E-state index contributed by atoms with van der Waals surface area (Å²) in [6.45, 7) is 1.62. The van der Waals surface area contributed by atoms with Gasteiger partial charge in [-0.3, -0.25) is 13.9 Å². The van der Waals surface area contributed by atoms with E-state index < -0.39 is 10.0 Å². The van der Waals surface area contributed by atoms with Crippen molar-refractivity contribution in [3.05, 3.63) is 54.1 Å². The molecule has 9 heteroatoms. The number of benzene rings is 2. The number of sulfonamides is 1. The molecule has 1 N–H and O–H groups in total. The molecule has 30 heavy (non-hydrogen) atoms. The summed E-state index contributed by atoms with van der Waals surface area (Å²) in [6.07, 6.45) is 3.37. The lowest BCUT2D eigenvalue weighted by Crippen LogP contribution is -2.35. The number of nitrogens with zero attached hydrogens (tertiary/aromatic N) is 2. The summed E-state index contributed by atoms with van der Waals surface area (Å²) in [5.74, 6) is -0.132. The molecule has 0 saturated carbocycles. The van der Waals surface area contributed by atoms with Crippen molar-refractivity contribution >= 4 is 39.3 Å². The van der Waals surface area contributed by atoms with Gasteiger partial charge in [0.05, 0.1) is 10.6 Å². The number of thioether (sulfide) groups is 1. The Labute approximate surface area is 181 Å². The van der Waals surface area contributed by atoms with Crippen LogP contribution in [0.2, 0.25) is 0 Å². The fourth-order valence-electron chi connectivity index (χ4n) is 3.21. The van der Waals surface area contributed by atoms with Crippen LogP contribution in [0.1, 0.15) is 23.2 Å². The Morgan fingerprint density at radius 3 is 2.37 bits per heavy atom. The number of hydrogen-bond donors (Lipinski definition) is 1. The van der Waals surface area contributed by atoms with Gasteiger partial charge in [0.15, 0.2) is 0 Å². The van der Waals surface area contributed by atoms with Crippen LogP contribution in [0.4, 0.5) is 5.69 Å². The first-order valence-corrected chi connectivity index (χ1v) is 12.3. The second kappa shape index (κ2) is 9.53. The predicted molar refractivity (Wildman–Crippen MR) is 118 cm³/mol. The van der Waals surface area contributed by atoms with Gasteiger partial charge < -0.3 is 10.2 Å². The van der Waals surface area contributed by atoms with Crippen molar-refractivity contribution in [1.82, 2.24) is 10.2 Å². The molecule has 0 unspecified atom stereocenters. The van der Waals surface area contributed by atoms with Crippen molar-refractivity contribution in [3.63, 3.8) is 0 Å². The van der Waals surface area contributed by atoms with Crippen molar-refractivity contribution in [2.75, 3.05) is 37.2 Å². The summed E-state index contributed by atoms with van der Waals surface area (Å²) in [5.41, 5.74) is 0.893. The topological polar surface area (TPSA) is 86.8 Å². The number of nitrogens with one attached hydrogen (secondary N) is 1. The second-order valence-electron chi connectivity index (χ2n) is 6.94. The van der Waals surface area contributed by atoms with Crippen molar-refractivity contribution < 1.29 is 18.0 Å². The number of rotatable bonds is 8. The Morgan fingerprint density at radius 2 is 1.80 bits per heavy atom. The lowest BCUT2D eigenvalue weighted by atomic mass is 10.2. The highest BCUT2D eigenvalue weighted by Crippen LogP contribution is 2.24. The van der Waals surface area contributed by atoms with Crippen LogP contribution in [0.3, 0.4) is 0 Å². The number of carbonyl (C=O) groups is 2. The van der Waals surface area contributed by atoms with Gasteiger partial charge in [-0.05, 0) is 61.2 Å². The van der Waals surface area contributed by atoms with E-state index in [0.29, 0.717) is 30.8 Å². The number of hydrogen-bond acceptors (Lipinski definition) is 5. The van der Waals surface area contributed by atoms with Crippen LogP contribution in [0.25, 0.3) is 0 Å². The maximum atomic E-state index is 12.9. The fraction of sp³-hybridized carbons (Fsp3) is 0.333. The van der Waals surface area contributed by atoms with Crippen LogP contribution in [0, 0.1) is 0 Å². The first-order chi connectivity index (χ1) is 14.3. The highest BCUT2D eigenvalue weighted by Gasteiger charge is 2.22. The van der Waals surface area contributed by atoms with E-state index in [2.05, 4.69) is 5.32 Å². The van der Waals surface area contributed by atoms with E-state index in [-0.39, 0.29) is 16.7 Å². The van der Waals surface area contributed by atoms with E-state index in [4.69, 9.17) is 0 Å². The molecule has 0 spiro atoms. The summed E-state index contributed by atoms with van der Waals surface area (Å²) in [7, 11) is -2.21. The molecule has 7 nitrogen and oxygen atoms in total. The Bertz CT molecular complexity index is 1010. The fourth-order valence-corrected chi connectivity index (χ4v) is 4.82. The monoisotopic (exact) mass is 447 g/mol. The Hall–Kier alpha value is -2.52. The quantitative estimate of drug-likeness (QED) is 0.629. The zero-order chi connectivity index (χ0) is 21.7. The van der Waals surface area contributed by atoms with Gasteiger partial charge in [0, 0.05) is 43.6 Å². The zero-order valence-corrected chi connectivity index (χ0v) is 18.6. The van der Waals surface area contributed by atoms with Crippen molar-refractivity contribution in [3.8, 4) is 0 Å². The summed E-state index contributed by atoms with van der Waals surface area (Å²) in [4.78, 5) is 26.8. The van der Waals surface area contributed by atoms with E-state index in [0.717, 1.165) is 17.9 Å². The highest BCUT2D eigenvalue weighted by atomic mass is 32.2. The third-order valence-corrected chi connectivity index (χ3v) is 7.59. The molecular weight excluding hydrogens is 422 g/mol. The highest BCUT2D eigenvalue weighted by molar-refractivity contribution is 7.98. The molecule has 1 fully saturated rings. The summed E-state index contributed by atoms with van der Waals surface area (Å²) in [6, 6.07) is 13.1. The Morgan fingerprint density at radius 1 is 1.13 bits per heavy atom. The first kappa shape index (κ1) is 22.2. The summed E-state index contributed by atoms with van der Waals surface area (Å²) in [5, 5.41) is 2.80. The molecule has 1 aliphatic heterocycles. The number of carbonyl (C=O) groups excluding carboxylic acids is 2. The van der Waals surface area contributed by atoms with Gasteiger partial charge >= 0.3 is 0 Å². The zero-order valence-electron chi connectivity index (χ0n) is 17.0. The molecule has 3 rings (SSSR count). The minimum absolute atomic E-state index is 0.126. The number of likely N-dealkylation sites (tertiary alicyclic amines) is 1.